The van der Waals surface area contributed by atoms with Crippen molar-refractivity contribution in [2.45, 2.75) is 31.7 Å². The minimum absolute atomic E-state index is 0.279. The van der Waals surface area contributed by atoms with Crippen molar-refractivity contribution >= 4 is 33.0 Å². The van der Waals surface area contributed by atoms with Crippen molar-refractivity contribution < 1.29 is 8.42 Å². The van der Waals surface area contributed by atoms with Gasteiger partial charge in [-0.15, -0.1) is 11.3 Å². The summed E-state index contributed by atoms with van der Waals surface area (Å²) in [6.45, 7) is 4.58. The lowest BCUT2D eigenvalue weighted by molar-refractivity contribution is 0.392. The molecule has 1 aliphatic heterocycles. The Kier molecular flexibility index (Phi) is 4.84. The largest absolute Gasteiger partial charge is 0.243 e. The molecular formula is C20H19ClN2O2S2. The highest BCUT2D eigenvalue weighted by Gasteiger charge is 2.31. The molecule has 0 radical (unpaired) electrons. The monoisotopic (exact) mass is 418 g/mol. The van der Waals surface area contributed by atoms with Crippen LogP contribution in [0.15, 0.2) is 47.4 Å². The number of hydrogen-bond donors (Lipinski definition) is 0. The summed E-state index contributed by atoms with van der Waals surface area (Å²) in [6.07, 6.45) is 0.622. The Bertz CT molecular complexity index is 1110. The molecule has 3 aromatic rings. The third-order valence-electron chi connectivity index (χ3n) is 4.83. The second-order valence-corrected chi connectivity index (χ2v) is 10.1. The first-order valence-corrected chi connectivity index (χ1v) is 11.3. The van der Waals surface area contributed by atoms with E-state index in [2.05, 4.69) is 31.2 Å². The van der Waals surface area contributed by atoms with E-state index in [-0.39, 0.29) is 4.90 Å². The summed E-state index contributed by atoms with van der Waals surface area (Å²) in [7, 11) is -3.59. The maximum absolute atomic E-state index is 13.1. The number of hydrogen-bond acceptors (Lipinski definition) is 4. The predicted octanol–water partition coefficient (Wildman–Crippen LogP) is 4.83. The molecule has 2 aromatic carbocycles. The molecule has 2 heterocycles. The number of benzene rings is 2. The van der Waals surface area contributed by atoms with Gasteiger partial charge < -0.3 is 0 Å². The summed E-state index contributed by atoms with van der Waals surface area (Å²) in [6, 6.07) is 13.3. The lowest BCUT2D eigenvalue weighted by Gasteiger charge is -2.26. The molecule has 0 N–H and O–H groups in total. The van der Waals surface area contributed by atoms with E-state index in [0.29, 0.717) is 30.1 Å². The zero-order chi connectivity index (χ0) is 19.2. The molecular weight excluding hydrogens is 400 g/mol. The average Bonchev–Trinajstić information content (AvgIpc) is 3.07. The topological polar surface area (TPSA) is 50.3 Å². The second-order valence-electron chi connectivity index (χ2n) is 6.71. The fourth-order valence-corrected chi connectivity index (χ4v) is 6.30. The summed E-state index contributed by atoms with van der Waals surface area (Å²) in [4.78, 5) is 6.04. The van der Waals surface area contributed by atoms with E-state index in [9.17, 15) is 8.42 Å². The number of aromatic nitrogens is 1. The van der Waals surface area contributed by atoms with Gasteiger partial charge in [0.25, 0.3) is 0 Å². The molecule has 0 saturated heterocycles. The Balaban J connectivity index is 1.65. The highest BCUT2D eigenvalue weighted by molar-refractivity contribution is 7.89. The van der Waals surface area contributed by atoms with Gasteiger partial charge in [-0.1, -0.05) is 47.5 Å². The van der Waals surface area contributed by atoms with Crippen LogP contribution in [0.25, 0.3) is 10.6 Å². The van der Waals surface area contributed by atoms with Gasteiger partial charge in [-0.2, -0.15) is 4.31 Å². The highest BCUT2D eigenvalue weighted by atomic mass is 35.5. The Morgan fingerprint density at radius 3 is 2.59 bits per heavy atom. The maximum atomic E-state index is 13.1. The number of sulfonamides is 1. The lowest BCUT2D eigenvalue weighted by Crippen LogP contribution is -2.35. The number of fused-ring (bicyclic) bond motifs is 1. The quantitative estimate of drug-likeness (QED) is 0.612. The summed E-state index contributed by atoms with van der Waals surface area (Å²) in [5.74, 6) is 0. The van der Waals surface area contributed by atoms with Gasteiger partial charge in [-0.25, -0.2) is 13.4 Å². The first-order chi connectivity index (χ1) is 12.9. The zero-order valence-electron chi connectivity index (χ0n) is 15.1. The smallest absolute Gasteiger partial charge is 0.241 e. The summed E-state index contributed by atoms with van der Waals surface area (Å²) < 4.78 is 27.8. The number of rotatable bonds is 3. The molecule has 4 nitrogen and oxygen atoms in total. The van der Waals surface area contributed by atoms with E-state index < -0.39 is 10.0 Å². The first kappa shape index (κ1) is 18.6. The Hall–Kier alpha value is -1.73. The van der Waals surface area contributed by atoms with E-state index in [1.807, 2.05) is 0 Å². The maximum Gasteiger partial charge on any atom is 0.243 e. The van der Waals surface area contributed by atoms with Crippen LogP contribution in [0.1, 0.15) is 21.7 Å². The molecule has 27 heavy (non-hydrogen) atoms. The summed E-state index contributed by atoms with van der Waals surface area (Å²) >= 11 is 7.70. The van der Waals surface area contributed by atoms with Crippen molar-refractivity contribution in [3.8, 4) is 10.6 Å². The molecule has 0 bridgehead atoms. The van der Waals surface area contributed by atoms with Gasteiger partial charge in [-0.05, 0) is 31.5 Å². The minimum atomic E-state index is -3.59. The van der Waals surface area contributed by atoms with E-state index >= 15 is 0 Å². The van der Waals surface area contributed by atoms with Crippen molar-refractivity contribution in [1.29, 1.82) is 0 Å². The molecule has 140 valence electrons. The third-order valence-corrected chi connectivity index (χ3v) is 8.36. The molecule has 0 saturated carbocycles. The van der Waals surface area contributed by atoms with Crippen molar-refractivity contribution in [3.05, 3.63) is 69.2 Å². The van der Waals surface area contributed by atoms with Gasteiger partial charge in [-0.3, -0.25) is 0 Å². The molecule has 0 atom stereocenters. The second kappa shape index (κ2) is 7.02. The summed E-state index contributed by atoms with van der Waals surface area (Å²) in [5, 5.41) is 1.41. The minimum Gasteiger partial charge on any atom is -0.241 e. The molecule has 0 spiro atoms. The standard InChI is InChI=1S/C20H19ClN2O2S2/c1-13-6-8-15(9-7-13)20-22-17-10-11-23(12-18(17)26-20)27(24,25)19-5-3-4-16(21)14(19)2/h3-9H,10-12H2,1-2H3. The number of nitrogens with zero attached hydrogens (tertiary/aromatic N) is 2. The Morgan fingerprint density at radius 1 is 1.11 bits per heavy atom. The van der Waals surface area contributed by atoms with Crippen molar-refractivity contribution in [2.75, 3.05) is 6.54 Å². The van der Waals surface area contributed by atoms with E-state index in [4.69, 9.17) is 16.6 Å². The van der Waals surface area contributed by atoms with Crippen LogP contribution >= 0.6 is 22.9 Å². The molecule has 0 amide bonds. The van der Waals surface area contributed by atoms with E-state index in [1.165, 1.54) is 9.87 Å². The van der Waals surface area contributed by atoms with Gasteiger partial charge in [0.05, 0.1) is 17.1 Å². The molecule has 0 aliphatic carbocycles. The fourth-order valence-electron chi connectivity index (χ4n) is 3.20. The van der Waals surface area contributed by atoms with E-state index in [0.717, 1.165) is 21.1 Å². The van der Waals surface area contributed by atoms with Gasteiger partial charge in [0.2, 0.25) is 10.0 Å². The van der Waals surface area contributed by atoms with Crippen molar-refractivity contribution in [2.24, 2.45) is 0 Å². The van der Waals surface area contributed by atoms with Crippen LogP contribution in [0.2, 0.25) is 5.02 Å². The Labute approximate surface area is 168 Å². The normalized spacial score (nSPS) is 14.9. The molecule has 1 aliphatic rings. The summed E-state index contributed by atoms with van der Waals surface area (Å²) in [5.41, 5.74) is 3.87. The molecule has 0 fully saturated rings. The number of thiazole rings is 1. The van der Waals surface area contributed by atoms with Gasteiger partial charge >= 0.3 is 0 Å². The van der Waals surface area contributed by atoms with E-state index in [1.54, 1.807) is 36.5 Å². The van der Waals surface area contributed by atoms with Crippen LogP contribution < -0.4 is 0 Å². The molecule has 7 heteroatoms. The van der Waals surface area contributed by atoms with Crippen LogP contribution in [0, 0.1) is 13.8 Å². The zero-order valence-corrected chi connectivity index (χ0v) is 17.5. The van der Waals surface area contributed by atoms with Gasteiger partial charge in [0.1, 0.15) is 5.01 Å². The van der Waals surface area contributed by atoms with Gasteiger partial charge in [0, 0.05) is 28.4 Å². The third kappa shape index (κ3) is 3.43. The fraction of sp³-hybridized carbons (Fsp3) is 0.250. The number of halogens is 1. The van der Waals surface area contributed by atoms with Crippen LogP contribution in [-0.2, 0) is 23.0 Å². The van der Waals surface area contributed by atoms with Crippen LogP contribution in [0.3, 0.4) is 0 Å². The molecule has 0 unspecified atom stereocenters. The highest BCUT2D eigenvalue weighted by Crippen LogP contribution is 2.34. The van der Waals surface area contributed by atoms with Crippen LogP contribution in [-0.4, -0.2) is 24.3 Å². The Morgan fingerprint density at radius 2 is 1.85 bits per heavy atom. The predicted molar refractivity (Wildman–Crippen MR) is 110 cm³/mol. The van der Waals surface area contributed by atoms with Crippen molar-refractivity contribution in [1.82, 2.24) is 9.29 Å². The first-order valence-electron chi connectivity index (χ1n) is 8.67. The lowest BCUT2D eigenvalue weighted by atomic mass is 10.1. The van der Waals surface area contributed by atoms with Gasteiger partial charge in [0.15, 0.2) is 0 Å². The number of aryl methyl sites for hydroxylation is 1. The average molecular weight is 419 g/mol. The molecule has 4 rings (SSSR count). The van der Waals surface area contributed by atoms with Crippen LogP contribution in [0.4, 0.5) is 0 Å². The van der Waals surface area contributed by atoms with Crippen LogP contribution in [0.5, 0.6) is 0 Å². The molecule has 1 aromatic heterocycles. The SMILES string of the molecule is Cc1ccc(-c2nc3c(s2)CN(S(=O)(=O)c2cccc(Cl)c2C)CC3)cc1. The van der Waals surface area contributed by atoms with Crippen molar-refractivity contribution in [3.63, 3.8) is 0 Å².